The van der Waals surface area contributed by atoms with Gasteiger partial charge in [-0.25, -0.2) is 9.37 Å². The summed E-state index contributed by atoms with van der Waals surface area (Å²) in [7, 11) is 0. The molecule has 0 radical (unpaired) electrons. The second-order valence-electron chi connectivity index (χ2n) is 5.80. The fourth-order valence-corrected chi connectivity index (χ4v) is 3.30. The third kappa shape index (κ3) is 2.33. The smallest absolute Gasteiger partial charge is 0.265 e. The Bertz CT molecular complexity index is 1100. The Morgan fingerprint density at radius 2 is 1.58 bits per heavy atom. The molecule has 2 amide bonds. The van der Waals surface area contributed by atoms with Crippen LogP contribution in [0.2, 0.25) is 0 Å². The van der Waals surface area contributed by atoms with Crippen LogP contribution in [-0.2, 0) is 6.54 Å². The van der Waals surface area contributed by atoms with Crippen molar-refractivity contribution in [3.05, 3.63) is 63.5 Å². The number of hydrogen-bond donors (Lipinski definition) is 2. The molecule has 2 N–H and O–H groups in total. The zero-order chi connectivity index (χ0) is 18.6. The minimum atomic E-state index is -0.745. The third-order valence-corrected chi connectivity index (χ3v) is 4.68. The first-order valence-electron chi connectivity index (χ1n) is 7.53. The van der Waals surface area contributed by atoms with Crippen molar-refractivity contribution in [2.24, 2.45) is 0 Å². The third-order valence-electron chi connectivity index (χ3n) is 4.24. The molecule has 3 aromatic rings. The highest BCUT2D eigenvalue weighted by Gasteiger charge is 2.42. The van der Waals surface area contributed by atoms with E-state index < -0.39 is 29.1 Å². The van der Waals surface area contributed by atoms with E-state index in [4.69, 9.17) is 0 Å². The van der Waals surface area contributed by atoms with Gasteiger partial charge in [0.05, 0.1) is 12.1 Å². The lowest BCUT2D eigenvalue weighted by atomic mass is 10.0. The number of phenols is 2. The van der Waals surface area contributed by atoms with Gasteiger partial charge < -0.3 is 10.2 Å². The molecule has 2 heterocycles. The van der Waals surface area contributed by atoms with Crippen molar-refractivity contribution >= 4 is 38.6 Å². The maximum atomic E-state index is 13.0. The van der Waals surface area contributed by atoms with Crippen molar-refractivity contribution in [1.29, 1.82) is 0 Å². The Labute approximate surface area is 154 Å². The number of imide groups is 1. The average Bonchev–Trinajstić information content (AvgIpc) is 2.86. The predicted octanol–water partition coefficient (Wildman–Crippen LogP) is 3.34. The first kappa shape index (κ1) is 16.5. The van der Waals surface area contributed by atoms with E-state index in [1.54, 1.807) is 6.07 Å². The zero-order valence-electron chi connectivity index (χ0n) is 13.0. The van der Waals surface area contributed by atoms with Crippen molar-refractivity contribution in [3.63, 3.8) is 0 Å². The number of carbonyl (C=O) groups excluding carboxylic acids is 2. The van der Waals surface area contributed by atoms with E-state index in [1.165, 1.54) is 30.3 Å². The van der Waals surface area contributed by atoms with E-state index in [9.17, 15) is 24.2 Å². The SMILES string of the molecule is O=C1c2c(c(O)c3nc(Br)ccc3c2O)C(=O)N1Cc1ccc(F)cc1. The number of amides is 2. The van der Waals surface area contributed by atoms with Gasteiger partial charge in [-0.3, -0.25) is 14.5 Å². The summed E-state index contributed by atoms with van der Waals surface area (Å²) in [6.07, 6.45) is 0. The summed E-state index contributed by atoms with van der Waals surface area (Å²) in [6, 6.07) is 8.38. The number of aromatic hydroxyl groups is 2. The van der Waals surface area contributed by atoms with E-state index >= 15 is 0 Å². The quantitative estimate of drug-likeness (QED) is 0.379. The molecule has 0 atom stereocenters. The summed E-state index contributed by atoms with van der Waals surface area (Å²) in [5.74, 6) is -2.78. The Morgan fingerprint density at radius 3 is 2.23 bits per heavy atom. The van der Waals surface area contributed by atoms with Gasteiger partial charge in [0, 0.05) is 5.39 Å². The van der Waals surface area contributed by atoms with Crippen molar-refractivity contribution in [2.45, 2.75) is 6.54 Å². The van der Waals surface area contributed by atoms with Gasteiger partial charge in [0.15, 0.2) is 5.75 Å². The van der Waals surface area contributed by atoms with Gasteiger partial charge in [0.2, 0.25) is 0 Å². The Hall–Kier alpha value is -3.00. The molecule has 0 fully saturated rings. The summed E-state index contributed by atoms with van der Waals surface area (Å²) < 4.78 is 13.4. The molecule has 0 spiro atoms. The number of halogens is 2. The summed E-state index contributed by atoms with van der Waals surface area (Å²) >= 11 is 3.16. The van der Waals surface area contributed by atoms with Crippen LogP contribution in [0.25, 0.3) is 10.9 Å². The van der Waals surface area contributed by atoms with Crippen molar-refractivity contribution in [2.75, 3.05) is 0 Å². The molecule has 130 valence electrons. The largest absolute Gasteiger partial charge is 0.506 e. The van der Waals surface area contributed by atoms with Gasteiger partial charge in [-0.15, -0.1) is 0 Å². The van der Waals surface area contributed by atoms with Crippen LogP contribution in [0.3, 0.4) is 0 Å². The first-order valence-corrected chi connectivity index (χ1v) is 8.32. The van der Waals surface area contributed by atoms with Gasteiger partial charge in [-0.2, -0.15) is 0 Å². The number of pyridine rings is 1. The van der Waals surface area contributed by atoms with E-state index in [0.29, 0.717) is 10.2 Å². The molecule has 1 aliphatic rings. The van der Waals surface area contributed by atoms with Gasteiger partial charge in [-0.05, 0) is 45.8 Å². The highest BCUT2D eigenvalue weighted by Crippen LogP contribution is 2.43. The molecular weight excluding hydrogens is 407 g/mol. The molecule has 0 bridgehead atoms. The predicted molar refractivity (Wildman–Crippen MR) is 93.4 cm³/mol. The van der Waals surface area contributed by atoms with Gasteiger partial charge in [0.1, 0.15) is 27.3 Å². The van der Waals surface area contributed by atoms with Crippen LogP contribution in [0.15, 0.2) is 41.0 Å². The lowest BCUT2D eigenvalue weighted by Gasteiger charge is -2.13. The molecule has 8 heteroatoms. The minimum Gasteiger partial charge on any atom is -0.506 e. The van der Waals surface area contributed by atoms with E-state index in [2.05, 4.69) is 20.9 Å². The number of aromatic nitrogens is 1. The number of nitrogens with zero attached hydrogens (tertiary/aromatic N) is 2. The van der Waals surface area contributed by atoms with Gasteiger partial charge in [0.25, 0.3) is 11.8 Å². The second kappa shape index (κ2) is 5.77. The number of carbonyl (C=O) groups is 2. The second-order valence-corrected chi connectivity index (χ2v) is 6.61. The Balaban J connectivity index is 1.85. The number of benzene rings is 2. The van der Waals surface area contributed by atoms with Crippen LogP contribution in [-0.4, -0.2) is 31.9 Å². The lowest BCUT2D eigenvalue weighted by Crippen LogP contribution is -2.29. The number of rotatable bonds is 2. The van der Waals surface area contributed by atoms with Crippen LogP contribution in [0.1, 0.15) is 26.3 Å². The van der Waals surface area contributed by atoms with E-state index in [-0.39, 0.29) is 28.6 Å². The van der Waals surface area contributed by atoms with Crippen molar-refractivity contribution < 1.29 is 24.2 Å². The molecular formula is C18H10BrFN2O4. The lowest BCUT2D eigenvalue weighted by molar-refractivity contribution is 0.0641. The van der Waals surface area contributed by atoms with Crippen LogP contribution >= 0.6 is 15.9 Å². The number of phenolic OH excluding ortho intramolecular Hbond substituents is 2. The number of fused-ring (bicyclic) bond motifs is 2. The minimum absolute atomic E-state index is 0.0143. The van der Waals surface area contributed by atoms with Crippen LogP contribution in [0.4, 0.5) is 4.39 Å². The van der Waals surface area contributed by atoms with Crippen LogP contribution < -0.4 is 0 Å². The average molecular weight is 417 g/mol. The fourth-order valence-electron chi connectivity index (χ4n) is 2.99. The highest BCUT2D eigenvalue weighted by atomic mass is 79.9. The zero-order valence-corrected chi connectivity index (χ0v) is 14.6. The molecule has 1 aliphatic heterocycles. The van der Waals surface area contributed by atoms with Crippen molar-refractivity contribution in [1.82, 2.24) is 9.88 Å². The molecule has 0 aliphatic carbocycles. The van der Waals surface area contributed by atoms with E-state index in [1.807, 2.05) is 0 Å². The standard InChI is InChI=1S/C18H10BrFN2O4/c19-11-6-5-10-14(21-11)16(24)13-12(15(10)23)17(25)22(18(13)26)7-8-1-3-9(20)4-2-8/h1-6,23-24H,7H2. The molecule has 1 aromatic heterocycles. The van der Waals surface area contributed by atoms with Crippen LogP contribution in [0.5, 0.6) is 11.5 Å². The Kier molecular flexibility index (Phi) is 3.66. The molecule has 0 saturated heterocycles. The molecule has 0 saturated carbocycles. The van der Waals surface area contributed by atoms with Crippen LogP contribution in [0, 0.1) is 5.82 Å². The topological polar surface area (TPSA) is 90.7 Å². The first-order chi connectivity index (χ1) is 12.4. The fraction of sp³-hybridized carbons (Fsp3) is 0.0556. The summed E-state index contributed by atoms with van der Waals surface area (Å²) in [5.41, 5.74) is 0.00432. The summed E-state index contributed by atoms with van der Waals surface area (Å²) in [6.45, 7) is -0.112. The maximum Gasteiger partial charge on any atom is 0.265 e. The Morgan fingerprint density at radius 1 is 0.962 bits per heavy atom. The maximum absolute atomic E-state index is 13.0. The molecule has 2 aromatic carbocycles. The van der Waals surface area contributed by atoms with Crippen molar-refractivity contribution in [3.8, 4) is 11.5 Å². The summed E-state index contributed by atoms with van der Waals surface area (Å²) in [4.78, 5) is 30.4. The monoisotopic (exact) mass is 416 g/mol. The molecule has 4 rings (SSSR count). The van der Waals surface area contributed by atoms with Gasteiger partial charge >= 0.3 is 0 Å². The van der Waals surface area contributed by atoms with Gasteiger partial charge in [-0.1, -0.05) is 12.1 Å². The normalized spacial score (nSPS) is 13.5. The van der Waals surface area contributed by atoms with E-state index in [0.717, 1.165) is 4.90 Å². The number of hydrogen-bond acceptors (Lipinski definition) is 5. The molecule has 26 heavy (non-hydrogen) atoms. The summed E-state index contributed by atoms with van der Waals surface area (Å²) in [5, 5.41) is 21.1. The highest BCUT2D eigenvalue weighted by molar-refractivity contribution is 9.10. The molecule has 0 unspecified atom stereocenters. The molecule has 6 nitrogen and oxygen atoms in total.